The van der Waals surface area contributed by atoms with Crippen molar-refractivity contribution >= 4 is 21.8 Å². The topological polar surface area (TPSA) is 15.3 Å². The normalized spacial score (nSPS) is 9.40. The molecule has 0 aromatic heterocycles. The van der Waals surface area contributed by atoms with Crippen molar-refractivity contribution in [2.75, 3.05) is 5.23 Å². The second-order valence-corrected chi connectivity index (χ2v) is 2.06. The van der Waals surface area contributed by atoms with Gasteiger partial charge in [0.05, 0.1) is 5.69 Å². The molecule has 1 aromatic rings. The van der Waals surface area contributed by atoms with E-state index in [1.54, 1.807) is 24.3 Å². The van der Waals surface area contributed by atoms with Gasteiger partial charge >= 0.3 is 0 Å². The molecule has 2 nitrogen and oxygen atoms in total. The Morgan fingerprint density at radius 2 is 1.90 bits per heavy atom. The fraction of sp³-hybridized carbons (Fsp3) is 0. The van der Waals surface area contributed by atoms with E-state index in [2.05, 4.69) is 20.6 Å². The average molecular weight is 205 g/mol. The molecule has 10 heavy (non-hydrogen) atoms. The maximum atomic E-state index is 12.5. The number of nitrogens with one attached hydrogen (secondary N) is 1. The van der Waals surface area contributed by atoms with Gasteiger partial charge in [0.2, 0.25) is 0 Å². The maximum Gasteiger partial charge on any atom is 0.0884 e. The van der Waals surface area contributed by atoms with Gasteiger partial charge in [-0.2, -0.15) is 0 Å². The second-order valence-electron chi connectivity index (χ2n) is 1.70. The molecule has 0 spiro atoms. The number of halogens is 2. The smallest absolute Gasteiger partial charge is 0.0884 e. The van der Waals surface area contributed by atoms with Crippen LogP contribution >= 0.6 is 16.1 Å². The summed E-state index contributed by atoms with van der Waals surface area (Å²) in [5, 5.41) is 0.375. The number of hydrazine groups is 1. The summed E-state index contributed by atoms with van der Waals surface area (Å²) in [6.07, 6.45) is 0. The van der Waals surface area contributed by atoms with Crippen LogP contribution in [0, 0.1) is 0 Å². The zero-order valence-electron chi connectivity index (χ0n) is 5.09. The first-order valence-corrected chi connectivity index (χ1v) is 3.51. The molecule has 0 aliphatic rings. The monoisotopic (exact) mass is 204 g/mol. The number of hydrogen-bond acceptors (Lipinski definition) is 2. The van der Waals surface area contributed by atoms with Crippen molar-refractivity contribution < 1.29 is 4.48 Å². The molecule has 0 amide bonds. The minimum absolute atomic E-state index is 0.375. The van der Waals surface area contributed by atoms with Crippen LogP contribution in [0.5, 0.6) is 0 Å². The van der Waals surface area contributed by atoms with Gasteiger partial charge in [0.25, 0.3) is 0 Å². The van der Waals surface area contributed by atoms with E-state index in [1.165, 1.54) is 0 Å². The van der Waals surface area contributed by atoms with Crippen LogP contribution < -0.4 is 9.68 Å². The fourth-order valence-corrected chi connectivity index (χ4v) is 0.812. The summed E-state index contributed by atoms with van der Waals surface area (Å²) in [7, 11) is 0. The highest BCUT2D eigenvalue weighted by molar-refractivity contribution is 9.08. The van der Waals surface area contributed by atoms with E-state index in [1.807, 2.05) is 6.07 Å². The average Bonchev–Trinajstić information content (AvgIpc) is 2.05. The first-order valence-electron chi connectivity index (χ1n) is 2.72. The predicted molar refractivity (Wildman–Crippen MR) is 42.1 cm³/mol. The molecule has 1 N–H and O–H groups in total. The van der Waals surface area contributed by atoms with Crippen LogP contribution in [0.4, 0.5) is 10.2 Å². The Hall–Kier alpha value is -0.610. The van der Waals surface area contributed by atoms with Gasteiger partial charge < -0.3 is 0 Å². The molecule has 0 bridgehead atoms. The molecule has 0 radical (unpaired) electrons. The molecule has 0 heterocycles. The standard InChI is InChI=1S/C6H6BrFN2/c7-9-10(8)6-4-2-1-3-5-6/h1-5,9H. The molecule has 0 saturated heterocycles. The van der Waals surface area contributed by atoms with Crippen LogP contribution in [0.25, 0.3) is 0 Å². The van der Waals surface area contributed by atoms with Gasteiger partial charge in [0, 0.05) is 16.1 Å². The summed E-state index contributed by atoms with van der Waals surface area (Å²) in [5.74, 6) is 0. The van der Waals surface area contributed by atoms with Gasteiger partial charge in [-0.05, 0) is 12.1 Å². The van der Waals surface area contributed by atoms with Crippen molar-refractivity contribution in [2.24, 2.45) is 0 Å². The Balaban J connectivity index is 2.75. The molecule has 54 valence electrons. The molecule has 0 saturated carbocycles. The largest absolute Gasteiger partial charge is 0.139 e. The van der Waals surface area contributed by atoms with Crippen molar-refractivity contribution in [2.45, 2.75) is 0 Å². The number of benzene rings is 1. The second kappa shape index (κ2) is 3.53. The molecule has 1 aromatic carbocycles. The van der Waals surface area contributed by atoms with Gasteiger partial charge in [0.1, 0.15) is 0 Å². The summed E-state index contributed by atoms with van der Waals surface area (Å²) in [6.45, 7) is 0. The highest BCUT2D eigenvalue weighted by Gasteiger charge is 1.98. The van der Waals surface area contributed by atoms with Crippen LogP contribution in [0.2, 0.25) is 0 Å². The number of rotatable bonds is 2. The van der Waals surface area contributed by atoms with Gasteiger partial charge in [-0.15, -0.1) is 9.68 Å². The third-order valence-corrected chi connectivity index (χ3v) is 1.37. The lowest BCUT2D eigenvalue weighted by Crippen LogP contribution is -2.19. The highest BCUT2D eigenvalue weighted by Crippen LogP contribution is 2.10. The van der Waals surface area contributed by atoms with Crippen LogP contribution in [0.15, 0.2) is 30.3 Å². The van der Waals surface area contributed by atoms with E-state index >= 15 is 0 Å². The Labute approximate surface area is 66.9 Å². The minimum Gasteiger partial charge on any atom is -0.139 e. The van der Waals surface area contributed by atoms with Gasteiger partial charge in [-0.3, -0.25) is 0 Å². The lowest BCUT2D eigenvalue weighted by atomic mass is 10.3. The molecule has 4 heteroatoms. The number of para-hydroxylation sites is 1. The Morgan fingerprint density at radius 1 is 1.30 bits per heavy atom. The van der Waals surface area contributed by atoms with E-state index in [9.17, 15) is 4.48 Å². The Morgan fingerprint density at radius 3 is 2.40 bits per heavy atom. The van der Waals surface area contributed by atoms with Crippen molar-refractivity contribution in [1.82, 2.24) is 4.45 Å². The van der Waals surface area contributed by atoms with Crippen molar-refractivity contribution in [3.05, 3.63) is 30.3 Å². The number of anilines is 1. The quantitative estimate of drug-likeness (QED) is 0.588. The van der Waals surface area contributed by atoms with Crippen molar-refractivity contribution in [3.63, 3.8) is 0 Å². The third-order valence-electron chi connectivity index (χ3n) is 1.06. The predicted octanol–water partition coefficient (Wildman–Crippen LogP) is 2.19. The first-order chi connectivity index (χ1) is 4.84. The third kappa shape index (κ3) is 1.68. The Kier molecular flexibility index (Phi) is 2.65. The summed E-state index contributed by atoms with van der Waals surface area (Å²) >= 11 is 2.75. The molecule has 0 aliphatic carbocycles. The van der Waals surface area contributed by atoms with E-state index in [-0.39, 0.29) is 0 Å². The van der Waals surface area contributed by atoms with Gasteiger partial charge in [-0.25, -0.2) is 0 Å². The van der Waals surface area contributed by atoms with E-state index in [4.69, 9.17) is 0 Å². The van der Waals surface area contributed by atoms with Gasteiger partial charge in [-0.1, -0.05) is 22.7 Å². The van der Waals surface area contributed by atoms with Crippen LogP contribution in [-0.2, 0) is 0 Å². The molecule has 0 aliphatic heterocycles. The summed E-state index contributed by atoms with van der Waals surface area (Å²) in [4.78, 5) is 0. The van der Waals surface area contributed by atoms with Gasteiger partial charge in [0.15, 0.2) is 0 Å². The minimum atomic E-state index is 0.375. The van der Waals surface area contributed by atoms with E-state index < -0.39 is 0 Å². The van der Waals surface area contributed by atoms with Crippen molar-refractivity contribution in [3.8, 4) is 0 Å². The van der Waals surface area contributed by atoms with Crippen LogP contribution in [0.3, 0.4) is 0 Å². The molecule has 0 unspecified atom stereocenters. The molecule has 1 rings (SSSR count). The fourth-order valence-electron chi connectivity index (χ4n) is 0.608. The van der Waals surface area contributed by atoms with Crippen LogP contribution in [0.1, 0.15) is 0 Å². The van der Waals surface area contributed by atoms with Crippen molar-refractivity contribution in [1.29, 1.82) is 0 Å². The SMILES string of the molecule is FN(NBr)c1ccccc1. The molecule has 0 fully saturated rings. The summed E-state index contributed by atoms with van der Waals surface area (Å²) < 4.78 is 14.7. The zero-order chi connectivity index (χ0) is 7.40. The first kappa shape index (κ1) is 7.50. The highest BCUT2D eigenvalue weighted by atomic mass is 79.9. The molecule has 0 atom stereocenters. The van der Waals surface area contributed by atoms with Crippen LogP contribution in [-0.4, -0.2) is 0 Å². The lowest BCUT2D eigenvalue weighted by Gasteiger charge is -2.08. The summed E-state index contributed by atoms with van der Waals surface area (Å²) in [6, 6.07) is 8.63. The lowest BCUT2D eigenvalue weighted by molar-refractivity contribution is 0.425. The maximum absolute atomic E-state index is 12.5. The zero-order valence-corrected chi connectivity index (χ0v) is 6.68. The van der Waals surface area contributed by atoms with E-state index in [0.29, 0.717) is 10.9 Å². The summed E-state index contributed by atoms with van der Waals surface area (Å²) in [5.41, 5.74) is 0.458. The van der Waals surface area contributed by atoms with E-state index in [0.717, 1.165) is 0 Å². The number of hydrogen-bond donors (Lipinski definition) is 1. The molecular formula is C6H6BrFN2. The number of nitrogens with zero attached hydrogens (tertiary/aromatic N) is 1. The Bertz CT molecular complexity index is 192. The molecular weight excluding hydrogens is 199 g/mol.